The van der Waals surface area contributed by atoms with Crippen molar-refractivity contribution in [3.05, 3.63) is 60.2 Å². The lowest BCUT2D eigenvalue weighted by Crippen LogP contribution is -2.49. The molecule has 7 nitrogen and oxygen atoms in total. The molecule has 4 amide bonds. The van der Waals surface area contributed by atoms with Crippen LogP contribution in [0.5, 0.6) is 0 Å². The van der Waals surface area contributed by atoms with E-state index in [1.165, 1.54) is 10.5 Å². The number of anilines is 2. The molecule has 7 heteroatoms. The topological polar surface area (TPSA) is 64.2 Å². The predicted molar refractivity (Wildman–Crippen MR) is 118 cm³/mol. The van der Waals surface area contributed by atoms with Crippen LogP contribution in [0.15, 0.2) is 54.6 Å². The first-order chi connectivity index (χ1) is 15.1. The molecular weight excluding hydrogens is 392 g/mol. The Hall–Kier alpha value is -3.19. The molecule has 0 aromatic heterocycles. The Balaban J connectivity index is 1.17. The Labute approximate surface area is 181 Å². The van der Waals surface area contributed by atoms with Gasteiger partial charge in [0, 0.05) is 31.4 Å². The molecular formula is C24H26N4O3. The van der Waals surface area contributed by atoms with Gasteiger partial charge < -0.3 is 9.80 Å². The minimum absolute atomic E-state index is 0.0315. The third-order valence-corrected chi connectivity index (χ3v) is 6.55. The van der Waals surface area contributed by atoms with Crippen molar-refractivity contribution in [3.63, 3.8) is 0 Å². The molecule has 2 aromatic rings. The molecule has 2 aromatic carbocycles. The van der Waals surface area contributed by atoms with E-state index in [4.69, 9.17) is 0 Å². The molecule has 0 atom stereocenters. The summed E-state index contributed by atoms with van der Waals surface area (Å²) in [6.45, 7) is 2.75. The van der Waals surface area contributed by atoms with Gasteiger partial charge in [-0.15, -0.1) is 0 Å². The summed E-state index contributed by atoms with van der Waals surface area (Å²) in [5.41, 5.74) is 2.88. The highest BCUT2D eigenvalue weighted by Crippen LogP contribution is 2.29. The average Bonchev–Trinajstić information content (AvgIpc) is 3.35. The highest BCUT2D eigenvalue weighted by atomic mass is 16.2. The zero-order chi connectivity index (χ0) is 21.4. The van der Waals surface area contributed by atoms with E-state index in [-0.39, 0.29) is 30.4 Å². The normalized spacial score (nSPS) is 19.9. The molecule has 3 aliphatic rings. The average molecular weight is 418 g/mol. The minimum atomic E-state index is -0.237. The quantitative estimate of drug-likeness (QED) is 0.716. The van der Waals surface area contributed by atoms with Crippen molar-refractivity contribution in [2.24, 2.45) is 0 Å². The third kappa shape index (κ3) is 3.70. The molecule has 5 rings (SSSR count). The van der Waals surface area contributed by atoms with E-state index in [2.05, 4.69) is 11.0 Å². The van der Waals surface area contributed by atoms with Crippen molar-refractivity contribution in [3.8, 4) is 0 Å². The number of piperidine rings is 1. The van der Waals surface area contributed by atoms with Gasteiger partial charge in [-0.3, -0.25) is 14.5 Å². The number of carbonyl (C=O) groups is 3. The Bertz CT molecular complexity index is 1000. The smallest absolute Gasteiger partial charge is 0.312 e. The van der Waals surface area contributed by atoms with Gasteiger partial charge in [-0.1, -0.05) is 36.4 Å². The van der Waals surface area contributed by atoms with Gasteiger partial charge in [0.2, 0.25) is 5.91 Å². The number of rotatable bonds is 4. The van der Waals surface area contributed by atoms with Crippen molar-refractivity contribution >= 4 is 29.2 Å². The van der Waals surface area contributed by atoms with Gasteiger partial charge in [-0.25, -0.2) is 9.69 Å². The third-order valence-electron chi connectivity index (χ3n) is 6.55. The van der Waals surface area contributed by atoms with Crippen LogP contribution in [-0.4, -0.2) is 66.4 Å². The van der Waals surface area contributed by atoms with Gasteiger partial charge >= 0.3 is 6.03 Å². The molecule has 0 radical (unpaired) electrons. The van der Waals surface area contributed by atoms with Crippen LogP contribution in [0.2, 0.25) is 0 Å². The number of imide groups is 1. The lowest BCUT2D eigenvalue weighted by atomic mass is 10.0. The number of benzene rings is 2. The van der Waals surface area contributed by atoms with Gasteiger partial charge in [-0.2, -0.15) is 0 Å². The number of fused-ring (bicyclic) bond motifs is 1. The number of hydrogen-bond donors (Lipinski definition) is 0. The number of nitrogens with zero attached hydrogens (tertiary/aromatic N) is 4. The van der Waals surface area contributed by atoms with Crippen LogP contribution in [-0.2, 0) is 16.0 Å². The van der Waals surface area contributed by atoms with E-state index in [1.54, 1.807) is 17.0 Å². The summed E-state index contributed by atoms with van der Waals surface area (Å²) in [4.78, 5) is 45.3. The Kier molecular flexibility index (Phi) is 5.19. The molecule has 160 valence electrons. The summed E-state index contributed by atoms with van der Waals surface area (Å²) >= 11 is 0. The number of hydrogen-bond acceptors (Lipinski definition) is 4. The zero-order valence-electron chi connectivity index (χ0n) is 17.4. The molecule has 0 bridgehead atoms. The van der Waals surface area contributed by atoms with E-state index >= 15 is 0 Å². The molecule has 0 aliphatic carbocycles. The lowest BCUT2D eigenvalue weighted by Gasteiger charge is -2.36. The summed E-state index contributed by atoms with van der Waals surface area (Å²) in [6.07, 6.45) is 2.45. The van der Waals surface area contributed by atoms with E-state index < -0.39 is 0 Å². The number of amides is 4. The Morgan fingerprint density at radius 3 is 2.39 bits per heavy atom. The highest BCUT2D eigenvalue weighted by molar-refractivity contribution is 6.19. The zero-order valence-corrected chi connectivity index (χ0v) is 17.4. The second-order valence-electron chi connectivity index (χ2n) is 8.41. The summed E-state index contributed by atoms with van der Waals surface area (Å²) < 4.78 is 0. The second kappa shape index (κ2) is 8.15. The first kappa shape index (κ1) is 19.8. The molecule has 3 heterocycles. The van der Waals surface area contributed by atoms with E-state index in [1.807, 2.05) is 41.3 Å². The van der Waals surface area contributed by atoms with E-state index in [9.17, 15) is 14.4 Å². The maximum absolute atomic E-state index is 12.9. The summed E-state index contributed by atoms with van der Waals surface area (Å²) in [7, 11) is 0. The van der Waals surface area contributed by atoms with Crippen molar-refractivity contribution < 1.29 is 14.4 Å². The van der Waals surface area contributed by atoms with Gasteiger partial charge in [0.15, 0.2) is 0 Å². The molecule has 31 heavy (non-hydrogen) atoms. The monoisotopic (exact) mass is 418 g/mol. The molecule has 0 spiro atoms. The fraction of sp³-hybridized carbons (Fsp3) is 0.375. The highest BCUT2D eigenvalue weighted by Gasteiger charge is 2.41. The fourth-order valence-corrected chi connectivity index (χ4v) is 4.90. The maximum atomic E-state index is 12.9. The Morgan fingerprint density at radius 1 is 0.903 bits per heavy atom. The van der Waals surface area contributed by atoms with Crippen LogP contribution in [0, 0.1) is 0 Å². The van der Waals surface area contributed by atoms with Crippen molar-refractivity contribution in [2.45, 2.75) is 25.3 Å². The number of likely N-dealkylation sites (tertiary alicyclic amines) is 1. The fourth-order valence-electron chi connectivity index (χ4n) is 4.90. The number of urea groups is 1. The predicted octanol–water partition coefficient (Wildman–Crippen LogP) is 2.51. The van der Waals surface area contributed by atoms with Crippen LogP contribution < -0.4 is 9.80 Å². The van der Waals surface area contributed by atoms with E-state index in [0.717, 1.165) is 44.6 Å². The van der Waals surface area contributed by atoms with Crippen molar-refractivity contribution in [1.82, 2.24) is 9.80 Å². The van der Waals surface area contributed by atoms with Crippen LogP contribution in [0.4, 0.5) is 16.2 Å². The summed E-state index contributed by atoms with van der Waals surface area (Å²) in [5.74, 6) is -0.0485. The van der Waals surface area contributed by atoms with Crippen LogP contribution in [0.1, 0.15) is 18.4 Å². The SMILES string of the molecule is O=C(CN1CCC(N2CC(=O)N(c3ccccc3)C2=O)CC1)N1CCc2ccccc21. The van der Waals surface area contributed by atoms with Crippen molar-refractivity contribution in [2.75, 3.05) is 42.5 Å². The first-order valence-corrected chi connectivity index (χ1v) is 10.9. The first-order valence-electron chi connectivity index (χ1n) is 10.9. The second-order valence-corrected chi connectivity index (χ2v) is 8.41. The van der Waals surface area contributed by atoms with Crippen LogP contribution >= 0.6 is 0 Å². The van der Waals surface area contributed by atoms with Crippen LogP contribution in [0.25, 0.3) is 0 Å². The molecule has 2 fully saturated rings. The van der Waals surface area contributed by atoms with Crippen molar-refractivity contribution in [1.29, 1.82) is 0 Å². The minimum Gasteiger partial charge on any atom is -0.312 e. The van der Waals surface area contributed by atoms with E-state index in [0.29, 0.717) is 12.2 Å². The van der Waals surface area contributed by atoms with Gasteiger partial charge in [0.1, 0.15) is 6.54 Å². The lowest BCUT2D eigenvalue weighted by molar-refractivity contribution is -0.120. The Morgan fingerprint density at radius 2 is 1.61 bits per heavy atom. The summed E-state index contributed by atoms with van der Waals surface area (Å²) in [6, 6.07) is 17.0. The van der Waals surface area contributed by atoms with Crippen LogP contribution in [0.3, 0.4) is 0 Å². The number of para-hydroxylation sites is 2. The molecule has 2 saturated heterocycles. The van der Waals surface area contributed by atoms with Gasteiger partial charge in [0.05, 0.1) is 12.2 Å². The molecule has 0 unspecified atom stereocenters. The number of carbonyl (C=O) groups excluding carboxylic acids is 3. The van der Waals surface area contributed by atoms with Gasteiger partial charge in [-0.05, 0) is 43.0 Å². The maximum Gasteiger partial charge on any atom is 0.332 e. The standard InChI is InChI=1S/C24H26N4O3/c29-22(26-15-10-18-6-4-5-9-21(18)26)16-25-13-11-19(12-14-25)27-17-23(30)28(24(27)31)20-7-2-1-3-8-20/h1-9,19H,10-17H2. The molecule has 3 aliphatic heterocycles. The van der Waals surface area contributed by atoms with Gasteiger partial charge in [0.25, 0.3) is 5.91 Å². The summed E-state index contributed by atoms with van der Waals surface area (Å²) in [5, 5.41) is 0. The molecule has 0 N–H and O–H groups in total. The molecule has 0 saturated carbocycles. The largest absolute Gasteiger partial charge is 0.332 e.